The fourth-order valence-corrected chi connectivity index (χ4v) is 5.20. The molecule has 0 saturated carbocycles. The van der Waals surface area contributed by atoms with Crippen molar-refractivity contribution in [1.82, 2.24) is 0 Å². The highest BCUT2D eigenvalue weighted by Gasteiger charge is 2.35. The molecule has 0 radical (unpaired) electrons. The van der Waals surface area contributed by atoms with E-state index in [1.807, 2.05) is 12.1 Å². The molecular formula is C26H25Br2NO2. The lowest BCUT2D eigenvalue weighted by Gasteiger charge is -2.38. The third kappa shape index (κ3) is 3.87. The number of benzene rings is 3. The van der Waals surface area contributed by atoms with E-state index in [1.54, 1.807) is 0 Å². The van der Waals surface area contributed by atoms with Gasteiger partial charge in [0.1, 0.15) is 5.69 Å². The van der Waals surface area contributed by atoms with E-state index in [9.17, 15) is 0 Å². The van der Waals surface area contributed by atoms with Crippen LogP contribution in [0.25, 0.3) is 0 Å². The predicted octanol–water partition coefficient (Wildman–Crippen LogP) is 9.65. The van der Waals surface area contributed by atoms with Crippen LogP contribution in [0.5, 0.6) is 23.0 Å². The quantitative estimate of drug-likeness (QED) is 0.213. The third-order valence-corrected chi connectivity index (χ3v) is 7.14. The van der Waals surface area contributed by atoms with Gasteiger partial charge in [-0.25, -0.2) is 0 Å². The zero-order valence-corrected chi connectivity index (χ0v) is 20.9. The highest BCUT2D eigenvalue weighted by molar-refractivity contribution is 9.10. The zero-order chi connectivity index (χ0) is 21.5. The molecule has 0 amide bonds. The Morgan fingerprint density at radius 1 is 0.806 bits per heavy atom. The van der Waals surface area contributed by atoms with Gasteiger partial charge in [-0.1, -0.05) is 71.4 Å². The van der Waals surface area contributed by atoms with Crippen molar-refractivity contribution >= 4 is 48.9 Å². The summed E-state index contributed by atoms with van der Waals surface area (Å²) in [6.45, 7) is 4.55. The first-order valence-electron chi connectivity index (χ1n) is 11.0. The van der Waals surface area contributed by atoms with Crippen LogP contribution in [0.4, 0.5) is 17.1 Å². The molecule has 160 valence electrons. The maximum Gasteiger partial charge on any atom is 0.155 e. The average Bonchev–Trinajstić information content (AvgIpc) is 2.75. The number of hydrogen-bond acceptors (Lipinski definition) is 3. The van der Waals surface area contributed by atoms with Crippen molar-refractivity contribution in [3.63, 3.8) is 0 Å². The van der Waals surface area contributed by atoms with Gasteiger partial charge >= 0.3 is 0 Å². The number of rotatable bonds is 6. The summed E-state index contributed by atoms with van der Waals surface area (Å²) in [5.41, 5.74) is 4.29. The van der Waals surface area contributed by atoms with E-state index in [-0.39, 0.29) is 0 Å². The van der Waals surface area contributed by atoms with E-state index in [4.69, 9.17) is 9.47 Å². The lowest BCUT2D eigenvalue weighted by molar-refractivity contribution is 0.433. The Morgan fingerprint density at radius 2 is 1.39 bits per heavy atom. The van der Waals surface area contributed by atoms with Gasteiger partial charge in [0, 0.05) is 8.95 Å². The topological polar surface area (TPSA) is 21.7 Å². The molecule has 5 heteroatoms. The van der Waals surface area contributed by atoms with Gasteiger partial charge in [-0.15, -0.1) is 0 Å². The smallest absolute Gasteiger partial charge is 0.155 e. The highest BCUT2D eigenvalue weighted by atomic mass is 79.9. The second-order valence-electron chi connectivity index (χ2n) is 8.32. The van der Waals surface area contributed by atoms with Crippen molar-refractivity contribution in [2.45, 2.75) is 46.0 Å². The lowest BCUT2D eigenvalue weighted by Crippen LogP contribution is -2.20. The molecule has 0 N–H and O–H groups in total. The van der Waals surface area contributed by atoms with Gasteiger partial charge in [0.05, 0.1) is 11.4 Å². The molecular weight excluding hydrogens is 518 g/mol. The van der Waals surface area contributed by atoms with E-state index >= 15 is 0 Å². The minimum atomic E-state index is 0.677. The molecule has 2 aliphatic rings. The Kier molecular flexibility index (Phi) is 5.74. The van der Waals surface area contributed by atoms with Crippen molar-refractivity contribution in [3.8, 4) is 23.0 Å². The maximum atomic E-state index is 6.42. The minimum absolute atomic E-state index is 0.677. The van der Waals surface area contributed by atoms with Gasteiger partial charge in [-0.3, -0.25) is 4.90 Å². The van der Waals surface area contributed by atoms with Gasteiger partial charge in [0.2, 0.25) is 0 Å². The summed E-state index contributed by atoms with van der Waals surface area (Å²) in [5, 5.41) is 0. The monoisotopic (exact) mass is 541 g/mol. The Labute approximate surface area is 200 Å². The molecule has 2 heterocycles. The van der Waals surface area contributed by atoms with Crippen LogP contribution in [0.2, 0.25) is 0 Å². The molecule has 0 spiro atoms. The Hall–Kier alpha value is -1.98. The summed E-state index contributed by atoms with van der Waals surface area (Å²) in [5.74, 6) is 4.09. The van der Waals surface area contributed by atoms with Crippen molar-refractivity contribution in [2.24, 2.45) is 5.92 Å². The Balaban J connectivity index is 1.62. The molecule has 2 aliphatic heterocycles. The third-order valence-electron chi connectivity index (χ3n) is 6.16. The predicted molar refractivity (Wildman–Crippen MR) is 134 cm³/mol. The van der Waals surface area contributed by atoms with Crippen molar-refractivity contribution in [2.75, 3.05) is 4.90 Å². The van der Waals surface area contributed by atoms with Crippen LogP contribution in [-0.4, -0.2) is 0 Å². The van der Waals surface area contributed by atoms with Crippen molar-refractivity contribution in [1.29, 1.82) is 0 Å². The van der Waals surface area contributed by atoms with Gasteiger partial charge < -0.3 is 9.47 Å². The fraction of sp³-hybridized carbons (Fsp3) is 0.308. The molecule has 0 aromatic heterocycles. The van der Waals surface area contributed by atoms with E-state index in [0.29, 0.717) is 5.92 Å². The number of ether oxygens (including phenoxy) is 2. The lowest BCUT2D eigenvalue weighted by atomic mass is 9.91. The average molecular weight is 543 g/mol. The molecule has 0 bridgehead atoms. The molecule has 5 rings (SSSR count). The first-order valence-corrected chi connectivity index (χ1v) is 12.6. The molecule has 0 fully saturated rings. The molecule has 0 aliphatic carbocycles. The van der Waals surface area contributed by atoms with Gasteiger partial charge in [-0.2, -0.15) is 0 Å². The van der Waals surface area contributed by atoms with Crippen LogP contribution in [0, 0.1) is 5.92 Å². The normalized spacial score (nSPS) is 14.1. The summed E-state index contributed by atoms with van der Waals surface area (Å²) < 4.78 is 14.8. The van der Waals surface area contributed by atoms with E-state index < -0.39 is 0 Å². The number of halogens is 2. The minimum Gasteiger partial charge on any atom is -0.453 e. The maximum absolute atomic E-state index is 6.42. The largest absolute Gasteiger partial charge is 0.453 e. The van der Waals surface area contributed by atoms with Crippen LogP contribution in [0.15, 0.2) is 57.5 Å². The van der Waals surface area contributed by atoms with E-state index in [2.05, 4.69) is 87.0 Å². The summed E-state index contributed by atoms with van der Waals surface area (Å²) >= 11 is 7.19. The second kappa shape index (κ2) is 8.51. The first kappa shape index (κ1) is 20.9. The van der Waals surface area contributed by atoms with Gasteiger partial charge in [0.25, 0.3) is 0 Å². The number of anilines is 3. The van der Waals surface area contributed by atoms with Gasteiger partial charge in [0.15, 0.2) is 23.0 Å². The molecule has 0 saturated heterocycles. The SMILES string of the molecule is CCCCC(CC)Cc1cc2c3c(c1)Oc1cc(Br)ccc1N3c1ccc(Br)cc1O2. The Bertz CT molecular complexity index is 1070. The molecule has 1 unspecified atom stereocenters. The summed E-state index contributed by atoms with van der Waals surface area (Å²) in [6.07, 6.45) is 6.01. The number of unbranched alkanes of at least 4 members (excludes halogenated alkanes) is 1. The van der Waals surface area contributed by atoms with Crippen molar-refractivity contribution in [3.05, 3.63) is 63.0 Å². The molecule has 3 aromatic carbocycles. The molecule has 31 heavy (non-hydrogen) atoms. The van der Waals surface area contributed by atoms with E-state index in [1.165, 1.54) is 31.2 Å². The Morgan fingerprint density at radius 3 is 1.90 bits per heavy atom. The number of hydrogen-bond donors (Lipinski definition) is 0. The molecule has 1 atom stereocenters. The van der Waals surface area contributed by atoms with Crippen LogP contribution < -0.4 is 14.4 Å². The second-order valence-corrected chi connectivity index (χ2v) is 10.2. The van der Waals surface area contributed by atoms with Crippen LogP contribution in [0.3, 0.4) is 0 Å². The van der Waals surface area contributed by atoms with Crippen LogP contribution in [0.1, 0.15) is 45.1 Å². The number of nitrogens with zero attached hydrogens (tertiary/aromatic N) is 1. The summed E-state index contributed by atoms with van der Waals surface area (Å²) in [7, 11) is 0. The van der Waals surface area contributed by atoms with Crippen LogP contribution in [-0.2, 0) is 6.42 Å². The summed E-state index contributed by atoms with van der Waals surface area (Å²) in [6, 6.07) is 16.8. The van der Waals surface area contributed by atoms with E-state index in [0.717, 1.165) is 55.4 Å². The van der Waals surface area contributed by atoms with Gasteiger partial charge in [-0.05, 0) is 66.4 Å². The summed E-state index contributed by atoms with van der Waals surface area (Å²) in [4.78, 5) is 2.26. The number of fused-ring (bicyclic) bond motifs is 4. The fourth-order valence-electron chi connectivity index (χ4n) is 4.52. The molecule has 3 nitrogen and oxygen atoms in total. The standard InChI is InChI=1S/C26H25Br2NO2/c1-3-5-6-16(4-2)11-17-12-24-26-25(13-17)31-23-15-19(28)8-10-21(23)29(26)20-9-7-18(27)14-22(20)30-24/h7-10,12-16H,3-6,11H2,1-2H3. The first-order chi connectivity index (χ1) is 15.1. The highest BCUT2D eigenvalue weighted by Crippen LogP contribution is 2.60. The molecule has 3 aromatic rings. The van der Waals surface area contributed by atoms with Crippen molar-refractivity contribution < 1.29 is 9.47 Å². The van der Waals surface area contributed by atoms with Crippen LogP contribution >= 0.6 is 31.9 Å². The zero-order valence-electron chi connectivity index (χ0n) is 17.8.